The van der Waals surface area contributed by atoms with E-state index in [0.29, 0.717) is 12.1 Å². The fourth-order valence-corrected chi connectivity index (χ4v) is 3.66. The fraction of sp³-hybridized carbons (Fsp3) is 0.647. The molecule has 19 heavy (non-hydrogen) atoms. The van der Waals surface area contributed by atoms with Crippen molar-refractivity contribution in [1.29, 1.82) is 0 Å². The van der Waals surface area contributed by atoms with Crippen LogP contribution in [0, 0.1) is 0 Å². The van der Waals surface area contributed by atoms with Crippen molar-refractivity contribution in [2.75, 3.05) is 19.6 Å². The van der Waals surface area contributed by atoms with Crippen molar-refractivity contribution in [3.8, 4) is 0 Å². The van der Waals surface area contributed by atoms with Crippen molar-refractivity contribution in [3.05, 3.63) is 35.4 Å². The average Bonchev–Trinajstić information content (AvgIpc) is 2.81. The molecule has 1 fully saturated rings. The summed E-state index contributed by atoms with van der Waals surface area (Å²) in [6.07, 6.45) is 6.63. The quantitative estimate of drug-likeness (QED) is 0.893. The summed E-state index contributed by atoms with van der Waals surface area (Å²) in [5.74, 6) is 0. The van der Waals surface area contributed by atoms with Gasteiger partial charge in [0.15, 0.2) is 0 Å². The lowest BCUT2D eigenvalue weighted by molar-refractivity contribution is 0.204. The summed E-state index contributed by atoms with van der Waals surface area (Å²) < 4.78 is 0. The van der Waals surface area contributed by atoms with Crippen LogP contribution in [0.25, 0.3) is 0 Å². The smallest absolute Gasteiger partial charge is 0.0169 e. The van der Waals surface area contributed by atoms with Gasteiger partial charge in [-0.1, -0.05) is 30.7 Å². The second kappa shape index (κ2) is 6.06. The largest absolute Gasteiger partial charge is 0.310 e. The van der Waals surface area contributed by atoms with Crippen molar-refractivity contribution in [2.45, 2.75) is 51.1 Å². The normalized spacial score (nSPS) is 22.4. The summed E-state index contributed by atoms with van der Waals surface area (Å²) in [4.78, 5) is 2.63. The predicted molar refractivity (Wildman–Crippen MR) is 80.5 cm³/mol. The number of rotatable bonds is 4. The molecule has 0 bridgehead atoms. The standard InChI is InChI=1S/C17H26N2/c1-14(13-19-9-5-2-6-10-19)18-17-11-15-7-3-4-8-16(15)12-17/h3-4,7-8,14,17-18H,2,5-6,9-13H2,1H3. The second-order valence-electron chi connectivity index (χ2n) is 6.30. The monoisotopic (exact) mass is 258 g/mol. The second-order valence-corrected chi connectivity index (χ2v) is 6.30. The molecule has 1 unspecified atom stereocenters. The maximum Gasteiger partial charge on any atom is 0.0169 e. The summed E-state index contributed by atoms with van der Waals surface area (Å²) in [5.41, 5.74) is 3.09. The third-order valence-corrected chi connectivity index (χ3v) is 4.55. The van der Waals surface area contributed by atoms with Gasteiger partial charge in [0, 0.05) is 18.6 Å². The maximum absolute atomic E-state index is 3.83. The minimum Gasteiger partial charge on any atom is -0.310 e. The first-order valence-electron chi connectivity index (χ1n) is 7.86. The van der Waals surface area contributed by atoms with E-state index in [2.05, 4.69) is 41.4 Å². The van der Waals surface area contributed by atoms with E-state index in [1.165, 1.54) is 51.7 Å². The summed E-state index contributed by atoms with van der Waals surface area (Å²) in [5, 5.41) is 3.83. The van der Waals surface area contributed by atoms with Crippen molar-refractivity contribution in [2.24, 2.45) is 0 Å². The van der Waals surface area contributed by atoms with Crippen LogP contribution in [0.15, 0.2) is 24.3 Å². The Balaban J connectivity index is 1.47. The fourth-order valence-electron chi connectivity index (χ4n) is 3.66. The molecule has 1 aliphatic heterocycles. The third kappa shape index (κ3) is 3.37. The molecule has 0 radical (unpaired) electrons. The van der Waals surface area contributed by atoms with Gasteiger partial charge < -0.3 is 10.2 Å². The van der Waals surface area contributed by atoms with Crippen LogP contribution < -0.4 is 5.32 Å². The molecular formula is C17H26N2. The molecule has 1 aromatic rings. The van der Waals surface area contributed by atoms with E-state index in [9.17, 15) is 0 Å². The molecule has 0 spiro atoms. The Kier molecular flexibility index (Phi) is 4.19. The van der Waals surface area contributed by atoms with E-state index in [-0.39, 0.29) is 0 Å². The summed E-state index contributed by atoms with van der Waals surface area (Å²) in [7, 11) is 0. The highest BCUT2D eigenvalue weighted by Gasteiger charge is 2.22. The number of fused-ring (bicyclic) bond motifs is 1. The molecular weight excluding hydrogens is 232 g/mol. The lowest BCUT2D eigenvalue weighted by Gasteiger charge is -2.30. The molecule has 2 heteroatoms. The molecule has 1 saturated heterocycles. The Hall–Kier alpha value is -0.860. The Bertz CT molecular complexity index is 384. The minimum atomic E-state index is 0.609. The van der Waals surface area contributed by atoms with Gasteiger partial charge in [-0.05, 0) is 56.8 Å². The first-order chi connectivity index (χ1) is 9.31. The Labute approximate surface area is 117 Å². The molecule has 3 rings (SSSR count). The highest BCUT2D eigenvalue weighted by atomic mass is 15.2. The molecule has 1 aliphatic carbocycles. The average molecular weight is 258 g/mol. The molecule has 0 aromatic heterocycles. The number of piperidine rings is 1. The van der Waals surface area contributed by atoms with E-state index >= 15 is 0 Å². The number of benzene rings is 1. The van der Waals surface area contributed by atoms with E-state index in [4.69, 9.17) is 0 Å². The number of nitrogens with one attached hydrogen (secondary N) is 1. The molecule has 2 aliphatic rings. The van der Waals surface area contributed by atoms with Gasteiger partial charge in [-0.25, -0.2) is 0 Å². The number of hydrogen-bond donors (Lipinski definition) is 1. The van der Waals surface area contributed by atoms with E-state index in [0.717, 1.165) is 0 Å². The van der Waals surface area contributed by atoms with Gasteiger partial charge >= 0.3 is 0 Å². The van der Waals surface area contributed by atoms with Crippen molar-refractivity contribution in [3.63, 3.8) is 0 Å². The molecule has 1 aromatic carbocycles. The topological polar surface area (TPSA) is 15.3 Å². The molecule has 104 valence electrons. The Morgan fingerprint density at radius 1 is 1.11 bits per heavy atom. The van der Waals surface area contributed by atoms with Crippen LogP contribution in [0.3, 0.4) is 0 Å². The first-order valence-corrected chi connectivity index (χ1v) is 7.86. The highest BCUT2D eigenvalue weighted by Crippen LogP contribution is 2.22. The van der Waals surface area contributed by atoms with Crippen molar-refractivity contribution < 1.29 is 0 Å². The van der Waals surface area contributed by atoms with Crippen LogP contribution in [0.1, 0.15) is 37.3 Å². The SMILES string of the molecule is CC(CN1CCCCC1)NC1Cc2ccccc2C1. The minimum absolute atomic E-state index is 0.609. The zero-order valence-electron chi connectivity index (χ0n) is 12.1. The highest BCUT2D eigenvalue weighted by molar-refractivity contribution is 5.33. The number of nitrogens with zero attached hydrogens (tertiary/aromatic N) is 1. The van der Waals surface area contributed by atoms with Crippen LogP contribution in [0.4, 0.5) is 0 Å². The van der Waals surface area contributed by atoms with Gasteiger partial charge in [-0.15, -0.1) is 0 Å². The van der Waals surface area contributed by atoms with Crippen molar-refractivity contribution >= 4 is 0 Å². The zero-order chi connectivity index (χ0) is 13.1. The maximum atomic E-state index is 3.83. The van der Waals surface area contributed by atoms with Crippen LogP contribution in [-0.4, -0.2) is 36.6 Å². The van der Waals surface area contributed by atoms with E-state index < -0.39 is 0 Å². The van der Waals surface area contributed by atoms with Crippen LogP contribution in [-0.2, 0) is 12.8 Å². The van der Waals surface area contributed by atoms with E-state index in [1.807, 2.05) is 0 Å². The van der Waals surface area contributed by atoms with Crippen molar-refractivity contribution in [1.82, 2.24) is 10.2 Å². The summed E-state index contributed by atoms with van der Waals surface area (Å²) in [6, 6.07) is 10.2. The predicted octanol–water partition coefficient (Wildman–Crippen LogP) is 2.62. The molecule has 1 atom stereocenters. The zero-order valence-corrected chi connectivity index (χ0v) is 12.1. The lowest BCUT2D eigenvalue weighted by Crippen LogP contribution is -2.45. The molecule has 1 N–H and O–H groups in total. The van der Waals surface area contributed by atoms with Crippen LogP contribution >= 0.6 is 0 Å². The molecule has 2 nitrogen and oxygen atoms in total. The molecule has 0 saturated carbocycles. The molecule has 1 heterocycles. The number of likely N-dealkylation sites (tertiary alicyclic amines) is 1. The Morgan fingerprint density at radius 3 is 2.37 bits per heavy atom. The van der Waals surface area contributed by atoms with Crippen LogP contribution in [0.5, 0.6) is 0 Å². The first kappa shape index (κ1) is 13.1. The van der Waals surface area contributed by atoms with Gasteiger partial charge in [0.1, 0.15) is 0 Å². The number of hydrogen-bond acceptors (Lipinski definition) is 2. The lowest BCUT2D eigenvalue weighted by atomic mass is 10.1. The van der Waals surface area contributed by atoms with Gasteiger partial charge in [-0.3, -0.25) is 0 Å². The van der Waals surface area contributed by atoms with E-state index in [1.54, 1.807) is 11.1 Å². The van der Waals surface area contributed by atoms with Gasteiger partial charge in [0.05, 0.1) is 0 Å². The summed E-state index contributed by atoms with van der Waals surface area (Å²) in [6.45, 7) is 6.16. The summed E-state index contributed by atoms with van der Waals surface area (Å²) >= 11 is 0. The van der Waals surface area contributed by atoms with Gasteiger partial charge in [0.2, 0.25) is 0 Å². The van der Waals surface area contributed by atoms with Gasteiger partial charge in [-0.2, -0.15) is 0 Å². The third-order valence-electron chi connectivity index (χ3n) is 4.55. The molecule has 0 amide bonds. The Morgan fingerprint density at radius 2 is 1.74 bits per heavy atom. The van der Waals surface area contributed by atoms with Crippen LogP contribution in [0.2, 0.25) is 0 Å². The van der Waals surface area contributed by atoms with Gasteiger partial charge in [0.25, 0.3) is 0 Å².